The molecule has 1 saturated heterocycles. The summed E-state index contributed by atoms with van der Waals surface area (Å²) < 4.78 is 1.37. The molecule has 1 aliphatic rings. The smallest absolute Gasteiger partial charge is 0.282 e. The summed E-state index contributed by atoms with van der Waals surface area (Å²) >= 11 is 1.47. The van der Waals surface area contributed by atoms with Gasteiger partial charge in [-0.15, -0.1) is 11.3 Å². The Morgan fingerprint density at radius 3 is 2.64 bits per heavy atom. The van der Waals surface area contributed by atoms with E-state index >= 15 is 0 Å². The van der Waals surface area contributed by atoms with Gasteiger partial charge in [-0.05, 0) is 55.3 Å². The summed E-state index contributed by atoms with van der Waals surface area (Å²) in [5.41, 5.74) is 2.11. The standard InChI is InChI=1S/C19H20N4OS/c1-14-21-18-17(9-12-25-18)19(24)23(14)20-13-15-5-7-16(8-6-15)22-10-3-2-4-11-22/h5-9,12-13H,2-4,10-11H2,1H3. The second-order valence-electron chi connectivity index (χ2n) is 6.30. The quantitative estimate of drug-likeness (QED) is 0.676. The van der Waals surface area contributed by atoms with Crippen molar-refractivity contribution in [2.24, 2.45) is 5.10 Å². The fraction of sp³-hybridized carbons (Fsp3) is 0.316. The van der Waals surface area contributed by atoms with Gasteiger partial charge in [0.1, 0.15) is 10.7 Å². The van der Waals surface area contributed by atoms with Crippen LogP contribution in [0.15, 0.2) is 45.6 Å². The molecule has 0 spiro atoms. The first-order chi connectivity index (χ1) is 12.2. The Hall–Kier alpha value is -2.47. The third kappa shape index (κ3) is 3.22. The van der Waals surface area contributed by atoms with E-state index in [-0.39, 0.29) is 5.56 Å². The summed E-state index contributed by atoms with van der Waals surface area (Å²) in [6.07, 6.45) is 5.58. The Morgan fingerprint density at radius 1 is 1.12 bits per heavy atom. The van der Waals surface area contributed by atoms with Gasteiger partial charge in [-0.25, -0.2) is 4.98 Å². The molecule has 0 radical (unpaired) electrons. The molecule has 2 aromatic heterocycles. The fourth-order valence-electron chi connectivity index (χ4n) is 3.19. The van der Waals surface area contributed by atoms with Crippen molar-refractivity contribution in [3.63, 3.8) is 0 Å². The molecule has 4 rings (SSSR count). The largest absolute Gasteiger partial charge is 0.372 e. The van der Waals surface area contributed by atoms with E-state index < -0.39 is 0 Å². The van der Waals surface area contributed by atoms with Gasteiger partial charge in [0.15, 0.2) is 0 Å². The van der Waals surface area contributed by atoms with Crippen LogP contribution in [-0.4, -0.2) is 29.0 Å². The molecule has 0 saturated carbocycles. The average Bonchev–Trinajstić information content (AvgIpc) is 3.11. The highest BCUT2D eigenvalue weighted by molar-refractivity contribution is 7.16. The molecule has 128 valence electrons. The first-order valence-corrected chi connectivity index (χ1v) is 9.46. The summed E-state index contributed by atoms with van der Waals surface area (Å²) in [5.74, 6) is 0.598. The predicted octanol–water partition coefficient (Wildman–Crippen LogP) is 3.64. The summed E-state index contributed by atoms with van der Waals surface area (Å²) in [4.78, 5) is 20.1. The van der Waals surface area contributed by atoms with Crippen LogP contribution in [0.5, 0.6) is 0 Å². The zero-order valence-electron chi connectivity index (χ0n) is 14.2. The zero-order valence-corrected chi connectivity index (χ0v) is 15.0. The Kier molecular flexibility index (Phi) is 4.36. The van der Waals surface area contributed by atoms with Crippen LogP contribution in [0.2, 0.25) is 0 Å². The van der Waals surface area contributed by atoms with Crippen LogP contribution in [-0.2, 0) is 0 Å². The Balaban J connectivity index is 1.58. The maximum atomic E-state index is 12.5. The molecule has 5 nitrogen and oxygen atoms in total. The average molecular weight is 352 g/mol. The summed E-state index contributed by atoms with van der Waals surface area (Å²) in [6.45, 7) is 4.07. The van der Waals surface area contributed by atoms with E-state index in [1.165, 1.54) is 41.0 Å². The molecule has 3 heterocycles. The van der Waals surface area contributed by atoms with Crippen molar-refractivity contribution < 1.29 is 0 Å². The molecule has 0 aliphatic carbocycles. The monoisotopic (exact) mass is 352 g/mol. The number of thiophene rings is 1. The number of nitrogens with zero attached hydrogens (tertiary/aromatic N) is 4. The van der Waals surface area contributed by atoms with Crippen molar-refractivity contribution in [2.45, 2.75) is 26.2 Å². The van der Waals surface area contributed by atoms with Gasteiger partial charge >= 0.3 is 0 Å². The highest BCUT2D eigenvalue weighted by Gasteiger charge is 2.10. The van der Waals surface area contributed by atoms with E-state index in [9.17, 15) is 4.79 Å². The molecule has 1 fully saturated rings. The lowest BCUT2D eigenvalue weighted by atomic mass is 10.1. The number of fused-ring (bicyclic) bond motifs is 1. The highest BCUT2D eigenvalue weighted by atomic mass is 32.1. The predicted molar refractivity (Wildman–Crippen MR) is 104 cm³/mol. The van der Waals surface area contributed by atoms with Gasteiger partial charge in [0.25, 0.3) is 5.56 Å². The van der Waals surface area contributed by atoms with Crippen LogP contribution in [0.4, 0.5) is 5.69 Å². The second-order valence-corrected chi connectivity index (χ2v) is 7.19. The maximum Gasteiger partial charge on any atom is 0.282 e. The first-order valence-electron chi connectivity index (χ1n) is 8.58. The molecule has 25 heavy (non-hydrogen) atoms. The number of hydrogen-bond acceptors (Lipinski definition) is 5. The van der Waals surface area contributed by atoms with Crippen molar-refractivity contribution in [1.82, 2.24) is 9.66 Å². The summed E-state index contributed by atoms with van der Waals surface area (Å²) in [7, 11) is 0. The minimum Gasteiger partial charge on any atom is -0.372 e. The Morgan fingerprint density at radius 2 is 1.88 bits per heavy atom. The molecule has 3 aromatic rings. The molecule has 6 heteroatoms. The lowest BCUT2D eigenvalue weighted by molar-refractivity contribution is 0.578. The van der Waals surface area contributed by atoms with Gasteiger partial charge in [-0.1, -0.05) is 12.1 Å². The van der Waals surface area contributed by atoms with Crippen molar-refractivity contribution >= 4 is 33.5 Å². The van der Waals surface area contributed by atoms with E-state index in [1.54, 1.807) is 19.2 Å². The Labute approximate surface area is 150 Å². The van der Waals surface area contributed by atoms with E-state index in [2.05, 4.69) is 27.1 Å². The normalized spacial score (nSPS) is 15.3. The topological polar surface area (TPSA) is 50.5 Å². The molecule has 0 unspecified atom stereocenters. The van der Waals surface area contributed by atoms with Gasteiger partial charge in [0.05, 0.1) is 11.6 Å². The third-order valence-corrected chi connectivity index (χ3v) is 5.38. The van der Waals surface area contributed by atoms with Crippen molar-refractivity contribution in [2.75, 3.05) is 18.0 Å². The molecule has 0 bridgehead atoms. The van der Waals surface area contributed by atoms with Crippen molar-refractivity contribution in [3.05, 3.63) is 57.5 Å². The van der Waals surface area contributed by atoms with Crippen LogP contribution in [0.25, 0.3) is 10.2 Å². The molecule has 0 atom stereocenters. The molecular weight excluding hydrogens is 332 g/mol. The number of anilines is 1. The molecule has 0 N–H and O–H groups in total. The van der Waals surface area contributed by atoms with Gasteiger partial charge < -0.3 is 4.90 Å². The summed E-state index contributed by atoms with van der Waals surface area (Å²) in [5, 5.41) is 6.85. The van der Waals surface area contributed by atoms with Crippen LogP contribution in [0, 0.1) is 6.92 Å². The molecular formula is C19H20N4OS. The lowest BCUT2D eigenvalue weighted by Gasteiger charge is -2.28. The number of piperidine rings is 1. The lowest BCUT2D eigenvalue weighted by Crippen LogP contribution is -2.29. The highest BCUT2D eigenvalue weighted by Crippen LogP contribution is 2.20. The van der Waals surface area contributed by atoms with Gasteiger partial charge in [0, 0.05) is 18.8 Å². The number of rotatable bonds is 3. The number of benzene rings is 1. The van der Waals surface area contributed by atoms with Gasteiger partial charge in [-0.2, -0.15) is 9.78 Å². The van der Waals surface area contributed by atoms with Gasteiger partial charge in [0.2, 0.25) is 0 Å². The van der Waals surface area contributed by atoms with Crippen LogP contribution < -0.4 is 10.5 Å². The zero-order chi connectivity index (χ0) is 17.2. The van der Waals surface area contributed by atoms with Crippen LogP contribution in [0.3, 0.4) is 0 Å². The van der Waals surface area contributed by atoms with Crippen LogP contribution >= 0.6 is 11.3 Å². The van der Waals surface area contributed by atoms with Crippen molar-refractivity contribution in [3.8, 4) is 0 Å². The van der Waals surface area contributed by atoms with Crippen LogP contribution in [0.1, 0.15) is 30.7 Å². The van der Waals surface area contributed by atoms with E-state index in [1.807, 2.05) is 17.5 Å². The molecule has 0 amide bonds. The first kappa shape index (κ1) is 16.0. The number of aromatic nitrogens is 2. The maximum absolute atomic E-state index is 12.5. The minimum absolute atomic E-state index is 0.120. The van der Waals surface area contributed by atoms with Gasteiger partial charge in [-0.3, -0.25) is 4.79 Å². The molecule has 1 aromatic carbocycles. The Bertz CT molecular complexity index is 965. The van der Waals surface area contributed by atoms with E-state index in [0.29, 0.717) is 11.2 Å². The summed E-state index contributed by atoms with van der Waals surface area (Å²) in [6, 6.07) is 10.1. The van der Waals surface area contributed by atoms with E-state index in [0.717, 1.165) is 23.5 Å². The SMILES string of the molecule is Cc1nc2sccc2c(=O)n1N=Cc1ccc(N2CCCCC2)cc1. The fourth-order valence-corrected chi connectivity index (χ4v) is 3.99. The van der Waals surface area contributed by atoms with Crippen molar-refractivity contribution in [1.29, 1.82) is 0 Å². The second kappa shape index (κ2) is 6.80. The minimum atomic E-state index is -0.120. The number of hydrogen-bond donors (Lipinski definition) is 0. The number of aryl methyl sites for hydroxylation is 1. The third-order valence-electron chi connectivity index (χ3n) is 4.57. The van der Waals surface area contributed by atoms with E-state index in [4.69, 9.17) is 0 Å². The molecule has 1 aliphatic heterocycles.